The molecule has 1 N–H and O–H groups in total. The van der Waals surface area contributed by atoms with Gasteiger partial charge in [0, 0.05) is 12.6 Å². The van der Waals surface area contributed by atoms with Gasteiger partial charge in [-0.15, -0.1) is 0 Å². The molecule has 1 aliphatic rings. The van der Waals surface area contributed by atoms with Gasteiger partial charge in [-0.3, -0.25) is 4.90 Å². The first-order valence-electron chi connectivity index (χ1n) is 5.57. The summed E-state index contributed by atoms with van der Waals surface area (Å²) in [6.45, 7) is 8.58. The fraction of sp³-hybridized carbons (Fsp3) is 1.00. The molecule has 1 saturated carbocycles. The molecular formula is C11H23NO. The van der Waals surface area contributed by atoms with E-state index in [2.05, 4.69) is 25.7 Å². The van der Waals surface area contributed by atoms with E-state index in [0.717, 1.165) is 13.1 Å². The maximum atomic E-state index is 9.79. The minimum atomic E-state index is -0.0750. The summed E-state index contributed by atoms with van der Waals surface area (Å²) < 4.78 is 0. The van der Waals surface area contributed by atoms with Gasteiger partial charge in [0.15, 0.2) is 0 Å². The molecule has 0 aromatic carbocycles. The van der Waals surface area contributed by atoms with Gasteiger partial charge < -0.3 is 5.11 Å². The Bertz CT molecular complexity index is 143. The molecule has 2 nitrogen and oxygen atoms in total. The van der Waals surface area contributed by atoms with Crippen molar-refractivity contribution in [3.63, 3.8) is 0 Å². The number of hydrogen-bond acceptors (Lipinski definition) is 2. The lowest BCUT2D eigenvalue weighted by molar-refractivity contribution is 0.0802. The van der Waals surface area contributed by atoms with Crippen LogP contribution in [-0.2, 0) is 0 Å². The van der Waals surface area contributed by atoms with Gasteiger partial charge in [-0.05, 0) is 45.6 Å². The Morgan fingerprint density at radius 1 is 1.38 bits per heavy atom. The molecule has 0 aromatic rings. The van der Waals surface area contributed by atoms with Gasteiger partial charge in [-0.25, -0.2) is 0 Å². The van der Waals surface area contributed by atoms with E-state index in [1.54, 1.807) is 0 Å². The van der Waals surface area contributed by atoms with Gasteiger partial charge in [-0.1, -0.05) is 6.92 Å². The van der Waals surface area contributed by atoms with E-state index in [0.29, 0.717) is 12.0 Å². The van der Waals surface area contributed by atoms with E-state index < -0.39 is 0 Å². The normalized spacial score (nSPS) is 19.8. The fourth-order valence-electron chi connectivity index (χ4n) is 1.72. The first kappa shape index (κ1) is 11.0. The highest BCUT2D eigenvalue weighted by Gasteiger charge is 2.31. The molecule has 0 radical (unpaired) electrons. The predicted molar refractivity (Wildman–Crippen MR) is 55.7 cm³/mol. The number of hydrogen-bond donors (Lipinski definition) is 1. The zero-order chi connectivity index (χ0) is 9.84. The quantitative estimate of drug-likeness (QED) is 0.683. The Morgan fingerprint density at radius 2 is 2.00 bits per heavy atom. The highest BCUT2D eigenvalue weighted by atomic mass is 16.3. The second-order valence-corrected chi connectivity index (χ2v) is 4.49. The van der Waals surface area contributed by atoms with Crippen molar-refractivity contribution in [1.82, 2.24) is 4.90 Å². The molecule has 0 aromatic heterocycles. The Hall–Kier alpha value is -0.0800. The largest absolute Gasteiger partial charge is 0.392 e. The molecule has 1 fully saturated rings. The molecule has 0 amide bonds. The van der Waals surface area contributed by atoms with Crippen molar-refractivity contribution in [1.29, 1.82) is 0 Å². The van der Waals surface area contributed by atoms with Crippen molar-refractivity contribution in [2.24, 2.45) is 5.92 Å². The van der Waals surface area contributed by atoms with Gasteiger partial charge in [-0.2, -0.15) is 0 Å². The van der Waals surface area contributed by atoms with Crippen molar-refractivity contribution < 1.29 is 5.11 Å². The van der Waals surface area contributed by atoms with Crippen LogP contribution in [-0.4, -0.2) is 35.2 Å². The van der Waals surface area contributed by atoms with Crippen LogP contribution in [0.2, 0.25) is 0 Å². The molecule has 13 heavy (non-hydrogen) atoms. The van der Waals surface area contributed by atoms with Crippen molar-refractivity contribution in [2.75, 3.05) is 13.1 Å². The van der Waals surface area contributed by atoms with Crippen molar-refractivity contribution >= 4 is 0 Å². The summed E-state index contributed by atoms with van der Waals surface area (Å²) in [6, 6.07) is 0.563. The number of aliphatic hydroxyl groups is 1. The smallest absolute Gasteiger partial charge is 0.0695 e. The van der Waals surface area contributed by atoms with E-state index in [1.165, 1.54) is 19.3 Å². The van der Waals surface area contributed by atoms with E-state index in [4.69, 9.17) is 0 Å². The molecule has 1 aliphatic carbocycles. The highest BCUT2D eigenvalue weighted by Crippen LogP contribution is 2.33. The van der Waals surface area contributed by atoms with Gasteiger partial charge in [0.2, 0.25) is 0 Å². The maximum Gasteiger partial charge on any atom is 0.0695 e. The second-order valence-electron chi connectivity index (χ2n) is 4.49. The van der Waals surface area contributed by atoms with Crippen LogP contribution in [0.25, 0.3) is 0 Å². The maximum absolute atomic E-state index is 9.79. The highest BCUT2D eigenvalue weighted by molar-refractivity contribution is 4.83. The molecule has 0 saturated heterocycles. The number of nitrogens with zero attached hydrogens (tertiary/aromatic N) is 1. The van der Waals surface area contributed by atoms with Gasteiger partial charge in [0.05, 0.1) is 6.10 Å². The van der Waals surface area contributed by atoms with Crippen LogP contribution in [0, 0.1) is 5.92 Å². The van der Waals surface area contributed by atoms with Gasteiger partial charge >= 0.3 is 0 Å². The molecule has 0 bridgehead atoms. The van der Waals surface area contributed by atoms with Crippen molar-refractivity contribution in [2.45, 2.75) is 52.2 Å². The lowest BCUT2D eigenvalue weighted by atomic mass is 10.2. The molecule has 0 aliphatic heterocycles. The van der Waals surface area contributed by atoms with E-state index >= 15 is 0 Å². The predicted octanol–water partition coefficient (Wildman–Crippen LogP) is 1.88. The van der Waals surface area contributed by atoms with Crippen LogP contribution in [0.3, 0.4) is 0 Å². The number of aliphatic hydroxyl groups excluding tert-OH is 1. The lowest BCUT2D eigenvalue weighted by Crippen LogP contribution is -2.38. The second kappa shape index (κ2) is 4.97. The summed E-state index contributed by atoms with van der Waals surface area (Å²) in [5, 5.41) is 9.79. The zero-order valence-electron chi connectivity index (χ0n) is 9.16. The third-order valence-corrected chi connectivity index (χ3v) is 2.83. The first-order chi connectivity index (χ1) is 6.15. The monoisotopic (exact) mass is 185 g/mol. The SMILES string of the molecule is CCCN(CC(O)C1CC1)C(C)C. The molecule has 0 heterocycles. The average molecular weight is 185 g/mol. The summed E-state index contributed by atoms with van der Waals surface area (Å²) in [5.74, 6) is 0.609. The van der Waals surface area contributed by atoms with E-state index in [-0.39, 0.29) is 6.10 Å². The summed E-state index contributed by atoms with van der Waals surface area (Å²) >= 11 is 0. The third-order valence-electron chi connectivity index (χ3n) is 2.83. The van der Waals surface area contributed by atoms with Crippen LogP contribution < -0.4 is 0 Å². The summed E-state index contributed by atoms with van der Waals surface area (Å²) in [6.07, 6.45) is 3.57. The Kier molecular flexibility index (Phi) is 4.20. The van der Waals surface area contributed by atoms with Crippen LogP contribution in [0.5, 0.6) is 0 Å². The van der Waals surface area contributed by atoms with Gasteiger partial charge in [0.1, 0.15) is 0 Å². The minimum absolute atomic E-state index is 0.0750. The molecule has 78 valence electrons. The Labute approximate surface area is 81.9 Å². The summed E-state index contributed by atoms with van der Waals surface area (Å²) in [5.41, 5.74) is 0. The third kappa shape index (κ3) is 3.65. The molecule has 1 atom stereocenters. The van der Waals surface area contributed by atoms with E-state index in [1.807, 2.05) is 0 Å². The molecule has 2 heteroatoms. The zero-order valence-corrected chi connectivity index (χ0v) is 9.16. The molecule has 1 rings (SSSR count). The minimum Gasteiger partial charge on any atom is -0.392 e. The lowest BCUT2D eigenvalue weighted by Gasteiger charge is -2.28. The molecular weight excluding hydrogens is 162 g/mol. The fourth-order valence-corrected chi connectivity index (χ4v) is 1.72. The van der Waals surface area contributed by atoms with Crippen LogP contribution in [0.1, 0.15) is 40.0 Å². The number of rotatable bonds is 6. The topological polar surface area (TPSA) is 23.5 Å². The van der Waals surface area contributed by atoms with Gasteiger partial charge in [0.25, 0.3) is 0 Å². The van der Waals surface area contributed by atoms with E-state index in [9.17, 15) is 5.11 Å². The average Bonchev–Trinajstić information content (AvgIpc) is 2.85. The molecule has 0 spiro atoms. The molecule has 1 unspecified atom stereocenters. The standard InChI is InChI=1S/C11H23NO/c1-4-7-12(9(2)3)8-11(13)10-5-6-10/h9-11,13H,4-8H2,1-3H3. The van der Waals surface area contributed by atoms with Crippen LogP contribution in [0.4, 0.5) is 0 Å². The Balaban J connectivity index is 2.27. The summed E-state index contributed by atoms with van der Waals surface area (Å²) in [7, 11) is 0. The van der Waals surface area contributed by atoms with Crippen LogP contribution >= 0.6 is 0 Å². The summed E-state index contributed by atoms with van der Waals surface area (Å²) in [4.78, 5) is 2.38. The van der Waals surface area contributed by atoms with Crippen molar-refractivity contribution in [3.8, 4) is 0 Å². The first-order valence-corrected chi connectivity index (χ1v) is 5.57. The Morgan fingerprint density at radius 3 is 2.38 bits per heavy atom. The van der Waals surface area contributed by atoms with Crippen LogP contribution in [0.15, 0.2) is 0 Å². The van der Waals surface area contributed by atoms with Crippen molar-refractivity contribution in [3.05, 3.63) is 0 Å².